The number of rotatable bonds is 5. The second-order valence-corrected chi connectivity index (χ2v) is 6.65. The summed E-state index contributed by atoms with van der Waals surface area (Å²) in [5.74, 6) is 0.667. The van der Waals surface area contributed by atoms with Crippen LogP contribution < -0.4 is 5.32 Å². The van der Waals surface area contributed by atoms with Crippen molar-refractivity contribution < 1.29 is 9.90 Å². The van der Waals surface area contributed by atoms with E-state index in [1.165, 1.54) is 0 Å². The van der Waals surface area contributed by atoms with Crippen molar-refractivity contribution in [2.75, 3.05) is 25.0 Å². The Kier molecular flexibility index (Phi) is 5.79. The Bertz CT molecular complexity index is 697. The number of carbonyl (C=O) groups is 1. The van der Waals surface area contributed by atoms with Gasteiger partial charge in [-0.05, 0) is 50.6 Å². The molecule has 5 heteroatoms. The van der Waals surface area contributed by atoms with Crippen molar-refractivity contribution in [2.45, 2.75) is 25.9 Å². The minimum absolute atomic E-state index is 0.00688. The van der Waals surface area contributed by atoms with Crippen molar-refractivity contribution in [3.8, 4) is 0 Å². The van der Waals surface area contributed by atoms with Gasteiger partial charge in [-0.2, -0.15) is 0 Å². The second kappa shape index (κ2) is 8.23. The van der Waals surface area contributed by atoms with Crippen LogP contribution >= 0.6 is 0 Å². The lowest BCUT2D eigenvalue weighted by atomic mass is 9.95. The number of hydrogen-bond donors (Lipinski definition) is 2. The second-order valence-electron chi connectivity index (χ2n) is 6.65. The van der Waals surface area contributed by atoms with Crippen molar-refractivity contribution in [1.29, 1.82) is 0 Å². The van der Waals surface area contributed by atoms with Gasteiger partial charge in [-0.1, -0.05) is 36.4 Å². The number of aromatic nitrogens is 1. The number of piperidine rings is 1. The Morgan fingerprint density at radius 3 is 2.60 bits per heavy atom. The molecule has 0 aliphatic carbocycles. The minimum atomic E-state index is -0.483. The van der Waals surface area contributed by atoms with E-state index in [1.807, 2.05) is 55.5 Å². The fraction of sp³-hybridized carbons (Fsp3) is 0.400. The molecular weight excluding hydrogens is 314 g/mol. The number of anilines is 1. The first-order valence-corrected chi connectivity index (χ1v) is 8.82. The maximum atomic E-state index is 12.4. The first kappa shape index (κ1) is 17.6. The molecule has 1 amide bonds. The summed E-state index contributed by atoms with van der Waals surface area (Å²) in [6, 6.07) is 15.3. The zero-order valence-electron chi connectivity index (χ0n) is 14.6. The molecule has 5 nitrogen and oxygen atoms in total. The summed E-state index contributed by atoms with van der Waals surface area (Å²) in [6.07, 6.45) is 1.13. The predicted octanol–water partition coefficient (Wildman–Crippen LogP) is 2.77. The van der Waals surface area contributed by atoms with Crippen LogP contribution in [-0.4, -0.2) is 40.5 Å². The number of aryl methyl sites for hydroxylation is 1. The van der Waals surface area contributed by atoms with Crippen LogP contribution in [0.15, 0.2) is 48.5 Å². The lowest BCUT2D eigenvalue weighted by Gasteiger charge is -2.32. The van der Waals surface area contributed by atoms with Crippen LogP contribution in [0.5, 0.6) is 0 Å². The Hall–Kier alpha value is -2.24. The van der Waals surface area contributed by atoms with Crippen LogP contribution in [0.3, 0.4) is 0 Å². The zero-order valence-corrected chi connectivity index (χ0v) is 14.6. The van der Waals surface area contributed by atoms with Gasteiger partial charge in [-0.15, -0.1) is 0 Å². The fourth-order valence-corrected chi connectivity index (χ4v) is 3.24. The standard InChI is InChI=1S/C20H25N3O2/c1-15-6-5-9-19(21-15)22-20(25)17-10-12-23(13-11-17)14-18(24)16-7-3-2-4-8-16/h2-9,17-18,24H,10-14H2,1H3,(H,21,22,25)/t18-/m1/s1. The molecule has 1 aliphatic rings. The average molecular weight is 339 g/mol. The number of aliphatic hydroxyl groups excluding tert-OH is 1. The summed E-state index contributed by atoms with van der Waals surface area (Å²) in [6.45, 7) is 4.16. The lowest BCUT2D eigenvalue weighted by Crippen LogP contribution is -2.40. The van der Waals surface area contributed by atoms with Gasteiger partial charge < -0.3 is 15.3 Å². The third kappa shape index (κ3) is 4.87. The number of benzene rings is 1. The van der Waals surface area contributed by atoms with Crippen molar-refractivity contribution in [1.82, 2.24) is 9.88 Å². The Labute approximate surface area is 148 Å². The first-order valence-electron chi connectivity index (χ1n) is 8.82. The molecule has 2 N–H and O–H groups in total. The molecule has 1 aromatic carbocycles. The van der Waals surface area contributed by atoms with E-state index in [1.54, 1.807) is 0 Å². The van der Waals surface area contributed by atoms with Crippen LogP contribution in [0, 0.1) is 12.8 Å². The largest absolute Gasteiger partial charge is 0.387 e. The van der Waals surface area contributed by atoms with E-state index in [9.17, 15) is 9.90 Å². The zero-order chi connectivity index (χ0) is 17.6. The lowest BCUT2D eigenvalue weighted by molar-refractivity contribution is -0.121. The molecule has 0 bridgehead atoms. The number of amides is 1. The molecule has 2 heterocycles. The maximum absolute atomic E-state index is 12.4. The van der Waals surface area contributed by atoms with Crippen molar-refractivity contribution in [2.24, 2.45) is 5.92 Å². The van der Waals surface area contributed by atoms with Crippen molar-refractivity contribution in [3.05, 3.63) is 59.8 Å². The fourth-order valence-electron chi connectivity index (χ4n) is 3.24. The van der Waals surface area contributed by atoms with Gasteiger partial charge in [-0.25, -0.2) is 4.98 Å². The quantitative estimate of drug-likeness (QED) is 0.879. The number of aliphatic hydroxyl groups is 1. The number of carbonyl (C=O) groups excluding carboxylic acids is 1. The SMILES string of the molecule is Cc1cccc(NC(=O)C2CCN(C[C@@H](O)c3ccccc3)CC2)n1. The third-order valence-electron chi connectivity index (χ3n) is 4.71. The van der Waals surface area contributed by atoms with E-state index < -0.39 is 6.10 Å². The molecule has 1 aromatic heterocycles. The first-order chi connectivity index (χ1) is 12.1. The van der Waals surface area contributed by atoms with E-state index >= 15 is 0 Å². The topological polar surface area (TPSA) is 65.5 Å². The molecule has 0 saturated carbocycles. The number of β-amino-alcohol motifs (C(OH)–C–C–N with tert-alkyl or cyclic N) is 1. The molecule has 2 aromatic rings. The van der Waals surface area contributed by atoms with Crippen LogP contribution in [0.25, 0.3) is 0 Å². The molecule has 1 atom stereocenters. The average Bonchev–Trinajstić information content (AvgIpc) is 2.63. The van der Waals surface area contributed by atoms with Gasteiger partial charge in [0.15, 0.2) is 0 Å². The highest BCUT2D eigenvalue weighted by Crippen LogP contribution is 2.22. The molecular formula is C20H25N3O2. The minimum Gasteiger partial charge on any atom is -0.387 e. The van der Waals surface area contributed by atoms with Gasteiger partial charge in [0.2, 0.25) is 5.91 Å². The molecule has 1 fully saturated rings. The summed E-state index contributed by atoms with van der Waals surface area (Å²) in [5, 5.41) is 13.3. The summed E-state index contributed by atoms with van der Waals surface area (Å²) < 4.78 is 0. The highest BCUT2D eigenvalue weighted by atomic mass is 16.3. The molecule has 1 saturated heterocycles. The summed E-state index contributed by atoms with van der Waals surface area (Å²) in [7, 11) is 0. The summed E-state index contributed by atoms with van der Waals surface area (Å²) >= 11 is 0. The molecule has 3 rings (SSSR count). The Morgan fingerprint density at radius 2 is 1.92 bits per heavy atom. The van der Waals surface area contributed by atoms with Gasteiger partial charge in [0.05, 0.1) is 6.10 Å². The van der Waals surface area contributed by atoms with Crippen LogP contribution in [-0.2, 0) is 4.79 Å². The number of nitrogens with zero attached hydrogens (tertiary/aromatic N) is 2. The normalized spacial score (nSPS) is 17.2. The maximum Gasteiger partial charge on any atom is 0.228 e. The van der Waals surface area contributed by atoms with E-state index in [-0.39, 0.29) is 11.8 Å². The van der Waals surface area contributed by atoms with E-state index in [0.717, 1.165) is 37.2 Å². The van der Waals surface area contributed by atoms with Gasteiger partial charge in [0.1, 0.15) is 5.82 Å². The molecule has 25 heavy (non-hydrogen) atoms. The van der Waals surface area contributed by atoms with Crippen molar-refractivity contribution in [3.63, 3.8) is 0 Å². The van der Waals surface area contributed by atoms with Crippen LogP contribution in [0.4, 0.5) is 5.82 Å². The predicted molar refractivity (Wildman–Crippen MR) is 98.2 cm³/mol. The molecule has 0 unspecified atom stereocenters. The summed E-state index contributed by atoms with van der Waals surface area (Å²) in [5.41, 5.74) is 1.83. The molecule has 1 aliphatic heterocycles. The van der Waals surface area contributed by atoms with E-state index in [2.05, 4.69) is 15.2 Å². The highest BCUT2D eigenvalue weighted by molar-refractivity contribution is 5.91. The Balaban J connectivity index is 1.47. The number of hydrogen-bond acceptors (Lipinski definition) is 4. The van der Waals surface area contributed by atoms with Gasteiger partial charge in [0.25, 0.3) is 0 Å². The monoisotopic (exact) mass is 339 g/mol. The highest BCUT2D eigenvalue weighted by Gasteiger charge is 2.26. The van der Waals surface area contributed by atoms with Gasteiger partial charge in [-0.3, -0.25) is 4.79 Å². The summed E-state index contributed by atoms with van der Waals surface area (Å²) in [4.78, 5) is 19.0. The van der Waals surface area contributed by atoms with Gasteiger partial charge >= 0.3 is 0 Å². The van der Waals surface area contributed by atoms with Crippen LogP contribution in [0.1, 0.15) is 30.2 Å². The van der Waals surface area contributed by atoms with E-state index in [0.29, 0.717) is 12.4 Å². The van der Waals surface area contributed by atoms with Crippen LogP contribution in [0.2, 0.25) is 0 Å². The molecule has 0 spiro atoms. The smallest absolute Gasteiger partial charge is 0.228 e. The molecule has 0 radical (unpaired) electrons. The van der Waals surface area contributed by atoms with Gasteiger partial charge in [0, 0.05) is 18.2 Å². The molecule has 132 valence electrons. The third-order valence-corrected chi connectivity index (χ3v) is 4.71. The van der Waals surface area contributed by atoms with E-state index in [4.69, 9.17) is 0 Å². The van der Waals surface area contributed by atoms with Crippen molar-refractivity contribution >= 4 is 11.7 Å². The number of nitrogens with one attached hydrogen (secondary N) is 1. The Morgan fingerprint density at radius 1 is 1.20 bits per heavy atom. The number of pyridine rings is 1. The number of likely N-dealkylation sites (tertiary alicyclic amines) is 1.